The molecule has 1 atom stereocenters. The molecule has 1 aromatic carbocycles. The standard InChI is InChI=1S/C13H15BrCl2N2O3/c1-3-18(6-7(2)12(19)20)13(21)17-11-9(15)4-8(14)5-10(11)16/h4-5,7H,3,6H2,1-2H3,(H,17,21)(H,19,20). The minimum absolute atomic E-state index is 0.101. The maximum absolute atomic E-state index is 12.2. The molecule has 116 valence electrons. The Hall–Kier alpha value is -0.980. The number of amides is 2. The van der Waals surface area contributed by atoms with Gasteiger partial charge in [0.1, 0.15) is 0 Å². The van der Waals surface area contributed by atoms with Crippen molar-refractivity contribution in [3.8, 4) is 0 Å². The van der Waals surface area contributed by atoms with Gasteiger partial charge in [-0.2, -0.15) is 0 Å². The molecule has 0 fully saturated rings. The van der Waals surface area contributed by atoms with Crippen LogP contribution >= 0.6 is 39.1 Å². The predicted octanol–water partition coefficient (Wildman–Crippen LogP) is 4.33. The van der Waals surface area contributed by atoms with Crippen molar-refractivity contribution in [2.45, 2.75) is 13.8 Å². The van der Waals surface area contributed by atoms with Gasteiger partial charge in [-0.05, 0) is 19.1 Å². The van der Waals surface area contributed by atoms with Crippen molar-refractivity contribution in [3.63, 3.8) is 0 Å². The van der Waals surface area contributed by atoms with Crippen LogP contribution in [0.1, 0.15) is 13.8 Å². The molecular weight excluding hydrogens is 383 g/mol. The van der Waals surface area contributed by atoms with E-state index in [4.69, 9.17) is 28.3 Å². The minimum Gasteiger partial charge on any atom is -0.481 e. The Morgan fingerprint density at radius 1 is 1.38 bits per heavy atom. The molecule has 1 unspecified atom stereocenters. The second-order valence-corrected chi connectivity index (χ2v) is 6.18. The Labute approximate surface area is 141 Å². The van der Waals surface area contributed by atoms with E-state index in [2.05, 4.69) is 21.2 Å². The summed E-state index contributed by atoms with van der Waals surface area (Å²) in [6.45, 7) is 3.77. The number of benzene rings is 1. The van der Waals surface area contributed by atoms with E-state index in [1.54, 1.807) is 19.1 Å². The fourth-order valence-corrected chi connectivity index (χ4v) is 2.91. The number of halogens is 3. The Morgan fingerprint density at radius 3 is 2.33 bits per heavy atom. The maximum atomic E-state index is 12.2. The summed E-state index contributed by atoms with van der Waals surface area (Å²) in [5, 5.41) is 12.1. The number of aliphatic carboxylic acids is 1. The lowest BCUT2D eigenvalue weighted by Crippen LogP contribution is -2.39. The molecule has 8 heteroatoms. The van der Waals surface area contributed by atoms with Crippen LogP contribution in [0.4, 0.5) is 10.5 Å². The number of nitrogens with zero attached hydrogens (tertiary/aromatic N) is 1. The van der Waals surface area contributed by atoms with Gasteiger partial charge in [0.25, 0.3) is 0 Å². The lowest BCUT2D eigenvalue weighted by Gasteiger charge is -2.23. The molecule has 21 heavy (non-hydrogen) atoms. The number of nitrogens with one attached hydrogen (secondary N) is 1. The average molecular weight is 398 g/mol. The molecule has 0 aromatic heterocycles. The number of carbonyl (C=O) groups is 2. The molecule has 0 saturated carbocycles. The van der Waals surface area contributed by atoms with Crippen LogP contribution in [0.2, 0.25) is 10.0 Å². The molecule has 0 aliphatic carbocycles. The summed E-state index contributed by atoms with van der Waals surface area (Å²) in [7, 11) is 0. The minimum atomic E-state index is -0.957. The summed E-state index contributed by atoms with van der Waals surface area (Å²) in [5.74, 6) is -1.62. The average Bonchev–Trinajstić information content (AvgIpc) is 2.39. The van der Waals surface area contributed by atoms with Gasteiger partial charge < -0.3 is 15.3 Å². The lowest BCUT2D eigenvalue weighted by atomic mass is 10.2. The normalized spacial score (nSPS) is 11.9. The quantitative estimate of drug-likeness (QED) is 0.776. The second kappa shape index (κ2) is 7.87. The van der Waals surface area contributed by atoms with Crippen molar-refractivity contribution < 1.29 is 14.7 Å². The van der Waals surface area contributed by atoms with Gasteiger partial charge in [-0.15, -0.1) is 0 Å². The topological polar surface area (TPSA) is 69.6 Å². The van der Waals surface area contributed by atoms with Crippen LogP contribution in [-0.4, -0.2) is 35.1 Å². The first-order valence-corrected chi connectivity index (χ1v) is 7.74. The summed E-state index contributed by atoms with van der Waals surface area (Å²) in [6.07, 6.45) is 0. The van der Waals surface area contributed by atoms with E-state index in [0.717, 1.165) is 0 Å². The van der Waals surface area contributed by atoms with Gasteiger partial charge in [-0.1, -0.05) is 46.1 Å². The van der Waals surface area contributed by atoms with Crippen LogP contribution in [0, 0.1) is 5.92 Å². The summed E-state index contributed by atoms with van der Waals surface area (Å²) in [5.41, 5.74) is 0.299. The molecule has 0 spiro atoms. The summed E-state index contributed by atoms with van der Waals surface area (Å²) >= 11 is 15.3. The Balaban J connectivity index is 2.86. The molecule has 5 nitrogen and oxygen atoms in total. The van der Waals surface area contributed by atoms with E-state index in [1.807, 2.05) is 0 Å². The van der Waals surface area contributed by atoms with Crippen molar-refractivity contribution in [1.82, 2.24) is 4.90 Å². The highest BCUT2D eigenvalue weighted by atomic mass is 79.9. The number of rotatable bonds is 5. The van der Waals surface area contributed by atoms with Gasteiger partial charge in [0.2, 0.25) is 0 Å². The SMILES string of the molecule is CCN(CC(C)C(=O)O)C(=O)Nc1c(Cl)cc(Br)cc1Cl. The molecule has 2 N–H and O–H groups in total. The smallest absolute Gasteiger partial charge is 0.321 e. The fraction of sp³-hybridized carbons (Fsp3) is 0.385. The first-order valence-electron chi connectivity index (χ1n) is 6.19. The number of carbonyl (C=O) groups excluding carboxylic acids is 1. The van der Waals surface area contributed by atoms with Crippen molar-refractivity contribution in [2.24, 2.45) is 5.92 Å². The largest absolute Gasteiger partial charge is 0.481 e. The van der Waals surface area contributed by atoms with Crippen molar-refractivity contribution in [2.75, 3.05) is 18.4 Å². The lowest BCUT2D eigenvalue weighted by molar-refractivity contribution is -0.141. The van der Waals surface area contributed by atoms with E-state index in [1.165, 1.54) is 11.8 Å². The van der Waals surface area contributed by atoms with Crippen LogP contribution < -0.4 is 5.32 Å². The summed E-state index contributed by atoms with van der Waals surface area (Å²) in [4.78, 5) is 24.4. The number of carboxylic acid groups (broad SMARTS) is 1. The zero-order valence-corrected chi connectivity index (χ0v) is 14.6. The zero-order valence-electron chi connectivity index (χ0n) is 11.5. The molecule has 1 rings (SSSR count). The molecule has 0 bridgehead atoms. The van der Waals surface area contributed by atoms with Gasteiger partial charge in [0, 0.05) is 17.6 Å². The zero-order chi connectivity index (χ0) is 16.2. The number of urea groups is 1. The second-order valence-electron chi connectivity index (χ2n) is 4.45. The van der Waals surface area contributed by atoms with E-state index < -0.39 is 17.9 Å². The third-order valence-corrected chi connectivity index (χ3v) is 3.88. The predicted molar refractivity (Wildman–Crippen MR) is 87.2 cm³/mol. The first-order chi connectivity index (χ1) is 9.76. The van der Waals surface area contributed by atoms with E-state index in [0.29, 0.717) is 26.8 Å². The van der Waals surface area contributed by atoms with E-state index >= 15 is 0 Å². The number of hydrogen-bond acceptors (Lipinski definition) is 2. The van der Waals surface area contributed by atoms with Gasteiger partial charge >= 0.3 is 12.0 Å². The van der Waals surface area contributed by atoms with Crippen LogP contribution in [0.25, 0.3) is 0 Å². The van der Waals surface area contributed by atoms with E-state index in [-0.39, 0.29) is 6.54 Å². The molecule has 2 amide bonds. The van der Waals surface area contributed by atoms with Gasteiger partial charge in [0.05, 0.1) is 21.7 Å². The molecule has 1 aromatic rings. The molecule has 0 saturated heterocycles. The highest BCUT2D eigenvalue weighted by molar-refractivity contribution is 9.10. The van der Waals surface area contributed by atoms with E-state index in [9.17, 15) is 9.59 Å². The monoisotopic (exact) mass is 396 g/mol. The first kappa shape index (κ1) is 18.1. The molecular formula is C13H15BrCl2N2O3. The van der Waals surface area contributed by atoms with Gasteiger partial charge in [-0.25, -0.2) is 4.79 Å². The molecule has 0 aliphatic rings. The highest BCUT2D eigenvalue weighted by Gasteiger charge is 2.20. The Kier molecular flexibility index (Phi) is 6.77. The van der Waals surface area contributed by atoms with Crippen LogP contribution in [0.15, 0.2) is 16.6 Å². The van der Waals surface area contributed by atoms with Crippen molar-refractivity contribution in [1.29, 1.82) is 0 Å². The highest BCUT2D eigenvalue weighted by Crippen LogP contribution is 2.33. The Morgan fingerprint density at radius 2 is 1.90 bits per heavy atom. The number of anilines is 1. The molecule has 0 radical (unpaired) electrons. The number of carboxylic acids is 1. The summed E-state index contributed by atoms with van der Waals surface area (Å²) in [6, 6.07) is 2.77. The third-order valence-electron chi connectivity index (χ3n) is 2.82. The fourth-order valence-electron chi connectivity index (χ4n) is 1.61. The molecule has 0 aliphatic heterocycles. The van der Waals surface area contributed by atoms with Crippen LogP contribution in [-0.2, 0) is 4.79 Å². The molecule has 0 heterocycles. The Bertz CT molecular complexity index is 531. The van der Waals surface area contributed by atoms with Crippen molar-refractivity contribution in [3.05, 3.63) is 26.7 Å². The van der Waals surface area contributed by atoms with Gasteiger partial charge in [0.15, 0.2) is 0 Å². The maximum Gasteiger partial charge on any atom is 0.321 e. The van der Waals surface area contributed by atoms with Crippen LogP contribution in [0.5, 0.6) is 0 Å². The van der Waals surface area contributed by atoms with Gasteiger partial charge in [-0.3, -0.25) is 4.79 Å². The third kappa shape index (κ3) is 5.05. The van der Waals surface area contributed by atoms with Crippen LogP contribution in [0.3, 0.4) is 0 Å². The number of hydrogen-bond donors (Lipinski definition) is 2. The summed E-state index contributed by atoms with van der Waals surface area (Å²) < 4.78 is 0.697. The van der Waals surface area contributed by atoms with Crippen molar-refractivity contribution >= 4 is 56.8 Å².